The van der Waals surface area contributed by atoms with E-state index in [1.807, 2.05) is 36.1 Å². The molecule has 5 heteroatoms. The molecule has 96 valence electrons. The maximum Gasteiger partial charge on any atom is 0.305 e. The third-order valence-electron chi connectivity index (χ3n) is 3.12. The predicted molar refractivity (Wildman–Crippen MR) is 67.6 cm³/mol. The number of hydrogen-bond acceptors (Lipinski definition) is 3. The summed E-state index contributed by atoms with van der Waals surface area (Å²) in [6, 6.07) is 7.51. The van der Waals surface area contributed by atoms with Gasteiger partial charge in [0.1, 0.15) is 0 Å². The fraction of sp³-hybridized carbons (Fsp3) is 0.385. The minimum absolute atomic E-state index is 0.0224. The summed E-state index contributed by atoms with van der Waals surface area (Å²) in [5.41, 5.74) is 1.97. The first kappa shape index (κ1) is 12.4. The van der Waals surface area contributed by atoms with Crippen LogP contribution in [0.25, 0.3) is 0 Å². The first-order valence-electron chi connectivity index (χ1n) is 5.88. The predicted octanol–water partition coefficient (Wildman–Crippen LogP) is 0.775. The van der Waals surface area contributed by atoms with Crippen molar-refractivity contribution in [3.8, 4) is 0 Å². The molecule has 1 aliphatic rings. The highest BCUT2D eigenvalue weighted by Gasteiger charge is 2.29. The van der Waals surface area contributed by atoms with Crippen LogP contribution in [0.3, 0.4) is 0 Å². The van der Waals surface area contributed by atoms with E-state index < -0.39 is 5.97 Å². The maximum atomic E-state index is 11.5. The third kappa shape index (κ3) is 2.61. The highest BCUT2D eigenvalue weighted by molar-refractivity contribution is 5.84. The van der Waals surface area contributed by atoms with Crippen LogP contribution in [0.2, 0.25) is 0 Å². The van der Waals surface area contributed by atoms with Crippen LogP contribution < -0.4 is 10.2 Å². The molecule has 1 aromatic rings. The van der Waals surface area contributed by atoms with Gasteiger partial charge in [-0.2, -0.15) is 0 Å². The summed E-state index contributed by atoms with van der Waals surface area (Å²) in [6.07, 6.45) is 0.0224. The van der Waals surface area contributed by atoms with Crippen molar-refractivity contribution < 1.29 is 14.7 Å². The summed E-state index contributed by atoms with van der Waals surface area (Å²) >= 11 is 0. The molecule has 1 saturated heterocycles. The lowest BCUT2D eigenvalue weighted by atomic mass is 10.1. The number of amides is 1. The molecule has 0 aromatic heterocycles. The molecule has 2 N–H and O–H groups in total. The van der Waals surface area contributed by atoms with Crippen molar-refractivity contribution in [1.82, 2.24) is 5.32 Å². The van der Waals surface area contributed by atoms with Gasteiger partial charge in [-0.3, -0.25) is 9.59 Å². The number of aryl methyl sites for hydroxylation is 1. The molecule has 1 unspecified atom stereocenters. The van der Waals surface area contributed by atoms with Gasteiger partial charge in [-0.1, -0.05) is 18.2 Å². The molecule has 1 fully saturated rings. The molecule has 1 atom stereocenters. The van der Waals surface area contributed by atoms with E-state index in [0.29, 0.717) is 6.54 Å². The fourth-order valence-corrected chi connectivity index (χ4v) is 2.23. The van der Waals surface area contributed by atoms with Crippen LogP contribution in [-0.4, -0.2) is 36.1 Å². The minimum atomic E-state index is -0.852. The van der Waals surface area contributed by atoms with Crippen LogP contribution in [0, 0.1) is 6.92 Å². The Labute approximate surface area is 105 Å². The van der Waals surface area contributed by atoms with E-state index in [0.717, 1.165) is 11.3 Å². The van der Waals surface area contributed by atoms with Crippen molar-refractivity contribution in [2.24, 2.45) is 0 Å². The molecule has 1 aliphatic heterocycles. The lowest BCUT2D eigenvalue weighted by Crippen LogP contribution is -2.55. The van der Waals surface area contributed by atoms with E-state index in [1.54, 1.807) is 0 Å². The van der Waals surface area contributed by atoms with Gasteiger partial charge in [-0.25, -0.2) is 0 Å². The number of para-hydroxylation sites is 1. The lowest BCUT2D eigenvalue weighted by molar-refractivity contribution is -0.138. The summed E-state index contributed by atoms with van der Waals surface area (Å²) in [7, 11) is 0. The molecule has 1 aromatic carbocycles. The molecule has 2 rings (SSSR count). The molecule has 0 saturated carbocycles. The van der Waals surface area contributed by atoms with Crippen molar-refractivity contribution in [3.05, 3.63) is 29.8 Å². The minimum Gasteiger partial charge on any atom is -0.481 e. The van der Waals surface area contributed by atoms with Crippen LogP contribution in [0.4, 0.5) is 5.69 Å². The van der Waals surface area contributed by atoms with Gasteiger partial charge in [0.25, 0.3) is 0 Å². The van der Waals surface area contributed by atoms with Crippen molar-refractivity contribution in [1.29, 1.82) is 0 Å². The van der Waals surface area contributed by atoms with Gasteiger partial charge in [0, 0.05) is 12.2 Å². The van der Waals surface area contributed by atoms with Crippen molar-refractivity contribution in [2.45, 2.75) is 19.4 Å². The number of hydrogen-bond donors (Lipinski definition) is 2. The standard InChI is InChI=1S/C13H16N2O3/c1-9-4-2-3-5-11(9)15-8-12(16)14-7-10(15)6-13(17)18/h2-5,10H,6-8H2,1H3,(H,14,16)(H,17,18). The maximum absolute atomic E-state index is 11.5. The average molecular weight is 248 g/mol. The average Bonchev–Trinajstić information content (AvgIpc) is 2.32. The Balaban J connectivity index is 2.28. The molecule has 1 amide bonds. The number of rotatable bonds is 3. The van der Waals surface area contributed by atoms with Crippen LogP contribution in [0.15, 0.2) is 24.3 Å². The topological polar surface area (TPSA) is 69.6 Å². The largest absolute Gasteiger partial charge is 0.481 e. The van der Waals surface area contributed by atoms with E-state index in [1.165, 1.54) is 0 Å². The monoisotopic (exact) mass is 248 g/mol. The van der Waals surface area contributed by atoms with Gasteiger partial charge in [0.05, 0.1) is 19.0 Å². The number of carboxylic acid groups (broad SMARTS) is 1. The molecular weight excluding hydrogens is 232 g/mol. The van der Waals surface area contributed by atoms with Gasteiger partial charge in [0.15, 0.2) is 0 Å². The molecule has 0 spiro atoms. The SMILES string of the molecule is Cc1ccccc1N1CC(=O)NCC1CC(=O)O. The second-order valence-corrected chi connectivity index (χ2v) is 4.47. The summed E-state index contributed by atoms with van der Waals surface area (Å²) in [6.45, 7) is 2.54. The van der Waals surface area contributed by atoms with Crippen LogP contribution in [0.1, 0.15) is 12.0 Å². The number of carbonyl (C=O) groups excluding carboxylic acids is 1. The number of piperazine rings is 1. The number of aliphatic carboxylic acids is 1. The van der Waals surface area contributed by atoms with Crippen molar-refractivity contribution in [3.63, 3.8) is 0 Å². The summed E-state index contributed by atoms with van der Waals surface area (Å²) in [5, 5.41) is 11.6. The zero-order valence-corrected chi connectivity index (χ0v) is 10.2. The van der Waals surface area contributed by atoms with Gasteiger partial charge in [-0.15, -0.1) is 0 Å². The first-order valence-corrected chi connectivity index (χ1v) is 5.88. The van der Waals surface area contributed by atoms with Gasteiger partial charge >= 0.3 is 5.97 Å². The number of nitrogens with one attached hydrogen (secondary N) is 1. The number of carbonyl (C=O) groups is 2. The van der Waals surface area contributed by atoms with Crippen molar-refractivity contribution >= 4 is 17.6 Å². The van der Waals surface area contributed by atoms with Crippen LogP contribution in [0.5, 0.6) is 0 Å². The number of carboxylic acids is 1. The Hall–Kier alpha value is -2.04. The molecule has 0 bridgehead atoms. The molecule has 18 heavy (non-hydrogen) atoms. The zero-order valence-electron chi connectivity index (χ0n) is 10.2. The third-order valence-corrected chi connectivity index (χ3v) is 3.12. The number of benzene rings is 1. The van der Waals surface area contributed by atoms with E-state index in [4.69, 9.17) is 5.11 Å². The van der Waals surface area contributed by atoms with E-state index in [-0.39, 0.29) is 24.9 Å². The van der Waals surface area contributed by atoms with E-state index in [9.17, 15) is 9.59 Å². The second kappa shape index (κ2) is 5.08. The first-order chi connectivity index (χ1) is 8.58. The normalized spacial score (nSPS) is 19.5. The van der Waals surface area contributed by atoms with Gasteiger partial charge in [0.2, 0.25) is 5.91 Å². The summed E-state index contributed by atoms with van der Waals surface area (Å²) in [4.78, 5) is 24.2. The molecule has 5 nitrogen and oxygen atoms in total. The fourth-order valence-electron chi connectivity index (χ4n) is 2.23. The Morgan fingerprint density at radius 2 is 2.22 bits per heavy atom. The Morgan fingerprint density at radius 1 is 1.50 bits per heavy atom. The molecule has 1 heterocycles. The van der Waals surface area contributed by atoms with Crippen LogP contribution in [-0.2, 0) is 9.59 Å². The zero-order chi connectivity index (χ0) is 13.1. The number of nitrogens with zero attached hydrogens (tertiary/aromatic N) is 1. The highest BCUT2D eigenvalue weighted by Crippen LogP contribution is 2.23. The lowest BCUT2D eigenvalue weighted by Gasteiger charge is -2.37. The molecular formula is C13H16N2O3. The Bertz CT molecular complexity index is 473. The highest BCUT2D eigenvalue weighted by atomic mass is 16.4. The van der Waals surface area contributed by atoms with Crippen molar-refractivity contribution in [2.75, 3.05) is 18.0 Å². The summed E-state index contributed by atoms with van der Waals surface area (Å²) in [5.74, 6) is -0.922. The quantitative estimate of drug-likeness (QED) is 0.829. The smallest absolute Gasteiger partial charge is 0.305 e. The number of anilines is 1. The Kier molecular flexibility index (Phi) is 3.50. The summed E-state index contributed by atoms with van der Waals surface area (Å²) < 4.78 is 0. The van der Waals surface area contributed by atoms with E-state index in [2.05, 4.69) is 5.32 Å². The van der Waals surface area contributed by atoms with Gasteiger partial charge in [-0.05, 0) is 18.6 Å². The van der Waals surface area contributed by atoms with E-state index >= 15 is 0 Å². The Morgan fingerprint density at radius 3 is 2.89 bits per heavy atom. The van der Waals surface area contributed by atoms with Crippen LogP contribution >= 0.6 is 0 Å². The molecule has 0 aliphatic carbocycles. The molecule has 0 radical (unpaired) electrons. The second-order valence-electron chi connectivity index (χ2n) is 4.47. The van der Waals surface area contributed by atoms with Gasteiger partial charge < -0.3 is 15.3 Å².